The molecule has 0 radical (unpaired) electrons. The van der Waals surface area contributed by atoms with Crippen LogP contribution in [0, 0.1) is 12.8 Å². The minimum absolute atomic E-state index is 0.194. The van der Waals surface area contributed by atoms with E-state index in [-0.39, 0.29) is 11.6 Å². The van der Waals surface area contributed by atoms with Crippen LogP contribution in [0.3, 0.4) is 0 Å². The Kier molecular flexibility index (Phi) is 5.91. The van der Waals surface area contributed by atoms with Crippen LogP contribution in [0.2, 0.25) is 0 Å². The average molecular weight is 390 g/mol. The number of nitrogens with zero attached hydrogens (tertiary/aromatic N) is 2. The fraction of sp³-hybridized carbons (Fsp3) is 0.429. The monoisotopic (exact) mass is 390 g/mol. The Bertz CT molecular complexity index is 940. The van der Waals surface area contributed by atoms with Gasteiger partial charge in [0.25, 0.3) is 0 Å². The number of anilines is 1. The van der Waals surface area contributed by atoms with Crippen molar-refractivity contribution in [3.8, 4) is 11.3 Å². The number of aromatic nitrogens is 3. The zero-order valence-corrected chi connectivity index (χ0v) is 16.1. The molecular formula is C21H25F3N4. The van der Waals surface area contributed by atoms with Crippen LogP contribution < -0.4 is 5.73 Å². The molecule has 1 saturated carbocycles. The predicted octanol–water partition coefficient (Wildman–Crippen LogP) is 6.12. The lowest BCUT2D eigenvalue weighted by Gasteiger charge is -2.15. The summed E-state index contributed by atoms with van der Waals surface area (Å²) in [5.41, 5.74) is 6.40. The van der Waals surface area contributed by atoms with Gasteiger partial charge in [0.15, 0.2) is 0 Å². The van der Waals surface area contributed by atoms with Crippen molar-refractivity contribution in [1.82, 2.24) is 15.0 Å². The highest BCUT2D eigenvalue weighted by Crippen LogP contribution is 2.38. The molecule has 0 saturated heterocycles. The van der Waals surface area contributed by atoms with Crippen LogP contribution in [0.15, 0.2) is 30.6 Å². The van der Waals surface area contributed by atoms with Crippen molar-refractivity contribution in [2.75, 3.05) is 5.73 Å². The molecule has 1 fully saturated rings. The van der Waals surface area contributed by atoms with E-state index in [0.29, 0.717) is 17.1 Å². The lowest BCUT2D eigenvalue weighted by Crippen LogP contribution is -2.10. The number of halogens is 3. The van der Waals surface area contributed by atoms with Crippen LogP contribution in [-0.4, -0.2) is 15.0 Å². The second-order valence-electron chi connectivity index (χ2n) is 7.43. The van der Waals surface area contributed by atoms with E-state index in [4.69, 9.17) is 5.73 Å². The summed E-state index contributed by atoms with van der Waals surface area (Å²) in [5.74, 6) is 0.841. The van der Waals surface area contributed by atoms with Gasteiger partial charge in [0.05, 0.1) is 5.69 Å². The Morgan fingerprint density at radius 2 is 1.86 bits per heavy atom. The van der Waals surface area contributed by atoms with Crippen molar-refractivity contribution in [2.45, 2.75) is 52.1 Å². The van der Waals surface area contributed by atoms with Gasteiger partial charge in [-0.05, 0) is 18.4 Å². The molecule has 3 N–H and O–H groups in total. The molecule has 0 spiro atoms. The van der Waals surface area contributed by atoms with Crippen molar-refractivity contribution >= 4 is 16.9 Å². The summed E-state index contributed by atoms with van der Waals surface area (Å²) >= 11 is 0. The van der Waals surface area contributed by atoms with Gasteiger partial charge < -0.3 is 10.7 Å². The first-order valence-corrected chi connectivity index (χ1v) is 9.54. The molecule has 0 bridgehead atoms. The van der Waals surface area contributed by atoms with Crippen LogP contribution in [0.4, 0.5) is 19.1 Å². The van der Waals surface area contributed by atoms with Gasteiger partial charge in [0, 0.05) is 28.9 Å². The Balaban J connectivity index is 0.000000271. The summed E-state index contributed by atoms with van der Waals surface area (Å²) in [6, 6.07) is 5.40. The Hall–Kier alpha value is -2.57. The second-order valence-corrected chi connectivity index (χ2v) is 7.43. The molecular weight excluding hydrogens is 365 g/mol. The molecule has 150 valence electrons. The Morgan fingerprint density at radius 1 is 1.14 bits per heavy atom. The number of fused-ring (bicyclic) bond motifs is 1. The molecule has 1 aliphatic rings. The van der Waals surface area contributed by atoms with Crippen molar-refractivity contribution in [3.63, 3.8) is 0 Å². The standard InChI is InChI=1S/C14H11F3N4.C7H14/c1-7-3-2-4-8-9(5-19-11(7)8)12-10(14(15,16)17)6-20-13(18)21-12;1-7-5-3-2-4-6-7/h2-6,19H,1H3,(H2,18,20,21);7H,2-6H2,1H3. The SMILES string of the molecule is CC1CCCCC1.Cc1cccc2c(-c3nc(N)ncc3C(F)(F)F)c[nH]c12. The first-order valence-electron chi connectivity index (χ1n) is 9.54. The number of nitrogen functional groups attached to an aromatic ring is 1. The van der Waals surface area contributed by atoms with Crippen molar-refractivity contribution < 1.29 is 13.2 Å². The van der Waals surface area contributed by atoms with Crippen molar-refractivity contribution in [3.05, 3.63) is 41.7 Å². The number of para-hydroxylation sites is 1. The maximum atomic E-state index is 13.1. The average Bonchev–Trinajstić information content (AvgIpc) is 3.07. The second kappa shape index (κ2) is 8.20. The predicted molar refractivity (Wildman–Crippen MR) is 106 cm³/mol. The van der Waals surface area contributed by atoms with Crippen LogP contribution in [-0.2, 0) is 6.18 Å². The van der Waals surface area contributed by atoms with E-state index in [2.05, 4.69) is 21.9 Å². The molecule has 0 amide bonds. The van der Waals surface area contributed by atoms with Gasteiger partial charge in [-0.3, -0.25) is 0 Å². The van der Waals surface area contributed by atoms with Gasteiger partial charge >= 0.3 is 6.18 Å². The minimum Gasteiger partial charge on any atom is -0.368 e. The maximum absolute atomic E-state index is 13.1. The van der Waals surface area contributed by atoms with Crippen LogP contribution in [0.5, 0.6) is 0 Å². The van der Waals surface area contributed by atoms with E-state index in [1.165, 1.54) is 38.3 Å². The molecule has 2 aromatic heterocycles. The normalized spacial score (nSPS) is 15.3. The van der Waals surface area contributed by atoms with Crippen LogP contribution in [0.1, 0.15) is 50.2 Å². The Morgan fingerprint density at radius 3 is 2.46 bits per heavy atom. The fourth-order valence-electron chi connectivity index (χ4n) is 3.62. The summed E-state index contributed by atoms with van der Waals surface area (Å²) in [7, 11) is 0. The quantitative estimate of drug-likeness (QED) is 0.526. The van der Waals surface area contributed by atoms with E-state index in [1.807, 2.05) is 13.0 Å². The van der Waals surface area contributed by atoms with E-state index < -0.39 is 11.7 Å². The molecule has 2 heterocycles. The lowest BCUT2D eigenvalue weighted by atomic mass is 9.91. The largest absolute Gasteiger partial charge is 0.419 e. The topological polar surface area (TPSA) is 67.6 Å². The number of hydrogen-bond donors (Lipinski definition) is 2. The molecule has 0 atom stereocenters. The van der Waals surface area contributed by atoms with E-state index in [1.54, 1.807) is 12.1 Å². The summed E-state index contributed by atoms with van der Waals surface area (Å²) < 4.78 is 39.4. The first kappa shape index (κ1) is 20.2. The summed E-state index contributed by atoms with van der Waals surface area (Å²) in [4.78, 5) is 10.2. The summed E-state index contributed by atoms with van der Waals surface area (Å²) in [6.45, 7) is 4.24. The number of nitrogens with two attached hydrogens (primary N) is 1. The number of hydrogen-bond acceptors (Lipinski definition) is 3. The molecule has 4 nitrogen and oxygen atoms in total. The first-order chi connectivity index (χ1) is 13.3. The summed E-state index contributed by atoms with van der Waals surface area (Å²) in [5, 5.41) is 0.665. The molecule has 0 aliphatic heterocycles. The van der Waals surface area contributed by atoms with Crippen LogP contribution in [0.25, 0.3) is 22.2 Å². The highest BCUT2D eigenvalue weighted by atomic mass is 19.4. The Labute approximate surface area is 162 Å². The van der Waals surface area contributed by atoms with Gasteiger partial charge in [-0.2, -0.15) is 13.2 Å². The number of benzene rings is 1. The third-order valence-electron chi connectivity index (χ3n) is 5.19. The molecule has 7 heteroatoms. The minimum atomic E-state index is -4.55. The number of alkyl halides is 3. The van der Waals surface area contributed by atoms with Crippen LogP contribution >= 0.6 is 0 Å². The van der Waals surface area contributed by atoms with E-state index >= 15 is 0 Å². The lowest BCUT2D eigenvalue weighted by molar-refractivity contribution is -0.137. The molecule has 1 aromatic carbocycles. The highest BCUT2D eigenvalue weighted by Gasteiger charge is 2.36. The summed E-state index contributed by atoms with van der Waals surface area (Å²) in [6.07, 6.45) is 5.12. The number of rotatable bonds is 1. The fourth-order valence-corrected chi connectivity index (χ4v) is 3.62. The van der Waals surface area contributed by atoms with Gasteiger partial charge in [-0.15, -0.1) is 0 Å². The van der Waals surface area contributed by atoms with Crippen molar-refractivity contribution in [1.29, 1.82) is 0 Å². The van der Waals surface area contributed by atoms with E-state index in [0.717, 1.165) is 17.0 Å². The third-order valence-corrected chi connectivity index (χ3v) is 5.19. The zero-order chi connectivity index (χ0) is 20.3. The number of H-pyrrole nitrogens is 1. The number of nitrogens with one attached hydrogen (secondary N) is 1. The highest BCUT2D eigenvalue weighted by molar-refractivity contribution is 5.96. The maximum Gasteiger partial charge on any atom is 0.419 e. The third kappa shape index (κ3) is 4.46. The molecule has 1 aliphatic carbocycles. The van der Waals surface area contributed by atoms with Gasteiger partial charge in [-0.25, -0.2) is 9.97 Å². The number of aromatic amines is 1. The molecule has 28 heavy (non-hydrogen) atoms. The van der Waals surface area contributed by atoms with Gasteiger partial charge in [0.2, 0.25) is 5.95 Å². The van der Waals surface area contributed by atoms with Gasteiger partial charge in [0.1, 0.15) is 5.56 Å². The molecule has 0 unspecified atom stereocenters. The molecule has 3 aromatic rings. The number of aryl methyl sites for hydroxylation is 1. The zero-order valence-electron chi connectivity index (χ0n) is 16.1. The van der Waals surface area contributed by atoms with Gasteiger partial charge in [-0.1, -0.05) is 57.2 Å². The smallest absolute Gasteiger partial charge is 0.368 e. The van der Waals surface area contributed by atoms with Crippen molar-refractivity contribution in [2.24, 2.45) is 5.92 Å². The van der Waals surface area contributed by atoms with E-state index in [9.17, 15) is 13.2 Å². The molecule has 4 rings (SSSR count).